The molecule has 1 aromatic carbocycles. The molecule has 2 aromatic rings. The fourth-order valence-electron chi connectivity index (χ4n) is 2.79. The van der Waals surface area contributed by atoms with Gasteiger partial charge in [0.2, 0.25) is 0 Å². The molecule has 0 aliphatic heterocycles. The van der Waals surface area contributed by atoms with E-state index in [1.165, 1.54) is 18.4 Å². The molecule has 1 fully saturated rings. The molecule has 1 saturated carbocycles. The van der Waals surface area contributed by atoms with Crippen LogP contribution in [0.25, 0.3) is 0 Å². The van der Waals surface area contributed by atoms with Crippen molar-refractivity contribution < 1.29 is 9.53 Å². The molecule has 154 valence electrons. The SMILES string of the molecule is CN=C(NCCNC(=O)c1cccnc1)NCc1ccc(C)cc1OCC1CC1. The Hall–Kier alpha value is -3.09. The molecule has 29 heavy (non-hydrogen) atoms. The van der Waals surface area contributed by atoms with Crippen LogP contribution in [0.4, 0.5) is 0 Å². The second-order valence-corrected chi connectivity index (χ2v) is 7.22. The summed E-state index contributed by atoms with van der Waals surface area (Å²) in [5.74, 6) is 2.19. The molecular weight excluding hydrogens is 366 g/mol. The Morgan fingerprint density at radius 1 is 1.21 bits per heavy atom. The van der Waals surface area contributed by atoms with Gasteiger partial charge in [0.1, 0.15) is 5.75 Å². The molecule has 7 heteroatoms. The van der Waals surface area contributed by atoms with Crippen LogP contribution in [0.1, 0.15) is 34.3 Å². The number of pyridine rings is 1. The number of amides is 1. The van der Waals surface area contributed by atoms with Gasteiger partial charge in [-0.05, 0) is 49.4 Å². The highest BCUT2D eigenvalue weighted by Crippen LogP contribution is 2.30. The smallest absolute Gasteiger partial charge is 0.252 e. The number of rotatable bonds is 9. The Bertz CT molecular complexity index is 834. The molecule has 7 nitrogen and oxygen atoms in total. The Morgan fingerprint density at radius 2 is 2.03 bits per heavy atom. The normalized spacial score (nSPS) is 13.7. The second kappa shape index (κ2) is 10.5. The molecule has 0 atom stereocenters. The Kier molecular flexibility index (Phi) is 7.44. The molecule has 3 N–H and O–H groups in total. The largest absolute Gasteiger partial charge is 0.493 e. The summed E-state index contributed by atoms with van der Waals surface area (Å²) in [5, 5.41) is 9.37. The van der Waals surface area contributed by atoms with Crippen molar-refractivity contribution in [1.29, 1.82) is 0 Å². The van der Waals surface area contributed by atoms with Gasteiger partial charge in [0.25, 0.3) is 5.91 Å². The van der Waals surface area contributed by atoms with E-state index in [1.54, 1.807) is 31.6 Å². The minimum absolute atomic E-state index is 0.139. The number of aromatic nitrogens is 1. The predicted octanol–water partition coefficient (Wildman–Crippen LogP) is 2.27. The lowest BCUT2D eigenvalue weighted by molar-refractivity contribution is 0.0954. The summed E-state index contributed by atoms with van der Waals surface area (Å²) >= 11 is 0. The summed E-state index contributed by atoms with van der Waals surface area (Å²) in [5.41, 5.74) is 2.84. The molecule has 3 rings (SSSR count). The lowest BCUT2D eigenvalue weighted by Crippen LogP contribution is -2.41. The summed E-state index contributed by atoms with van der Waals surface area (Å²) < 4.78 is 6.02. The summed E-state index contributed by atoms with van der Waals surface area (Å²) in [6.45, 7) is 4.52. The average molecular weight is 396 g/mol. The fourth-order valence-corrected chi connectivity index (χ4v) is 2.79. The number of benzene rings is 1. The van der Waals surface area contributed by atoms with E-state index < -0.39 is 0 Å². The molecule has 1 aromatic heterocycles. The summed E-state index contributed by atoms with van der Waals surface area (Å²) in [6.07, 6.45) is 5.73. The van der Waals surface area contributed by atoms with E-state index >= 15 is 0 Å². The van der Waals surface area contributed by atoms with Gasteiger partial charge < -0.3 is 20.7 Å². The first-order chi connectivity index (χ1) is 14.2. The van der Waals surface area contributed by atoms with Gasteiger partial charge in [-0.25, -0.2) is 0 Å². The standard InChI is InChI=1S/C22H29N5O2/c1-16-5-8-18(20(12-16)29-15-17-6-7-17)14-27-22(23-2)26-11-10-25-21(28)19-4-3-9-24-13-19/h3-5,8-9,12-13,17H,6-7,10-11,14-15H2,1-2H3,(H,25,28)(H2,23,26,27). The number of guanidine groups is 1. The number of nitrogens with zero attached hydrogens (tertiary/aromatic N) is 2. The lowest BCUT2D eigenvalue weighted by Gasteiger charge is -2.15. The maximum absolute atomic E-state index is 12.0. The van der Waals surface area contributed by atoms with Gasteiger partial charge in [0, 0.05) is 44.6 Å². The van der Waals surface area contributed by atoms with E-state index in [0.717, 1.165) is 17.9 Å². The zero-order valence-electron chi connectivity index (χ0n) is 17.1. The number of ether oxygens (including phenoxy) is 1. The van der Waals surface area contributed by atoms with Crippen molar-refractivity contribution in [2.45, 2.75) is 26.3 Å². The Morgan fingerprint density at radius 3 is 2.76 bits per heavy atom. The molecule has 0 spiro atoms. The maximum atomic E-state index is 12.0. The van der Waals surface area contributed by atoms with Gasteiger partial charge in [-0.15, -0.1) is 0 Å². The van der Waals surface area contributed by atoms with Crippen molar-refractivity contribution in [2.75, 3.05) is 26.7 Å². The highest BCUT2D eigenvalue weighted by Gasteiger charge is 2.22. The maximum Gasteiger partial charge on any atom is 0.252 e. The third-order valence-electron chi connectivity index (χ3n) is 4.69. The van der Waals surface area contributed by atoms with Crippen molar-refractivity contribution in [3.63, 3.8) is 0 Å². The van der Waals surface area contributed by atoms with Crippen LogP contribution in [0.3, 0.4) is 0 Å². The van der Waals surface area contributed by atoms with Crippen LogP contribution < -0.4 is 20.7 Å². The van der Waals surface area contributed by atoms with E-state index in [4.69, 9.17) is 4.74 Å². The van der Waals surface area contributed by atoms with Gasteiger partial charge in [-0.3, -0.25) is 14.8 Å². The number of hydrogen-bond acceptors (Lipinski definition) is 4. The highest BCUT2D eigenvalue weighted by molar-refractivity contribution is 5.93. The summed E-state index contributed by atoms with van der Waals surface area (Å²) in [4.78, 5) is 20.2. The number of carbonyl (C=O) groups is 1. The number of aryl methyl sites for hydroxylation is 1. The van der Waals surface area contributed by atoms with Gasteiger partial charge in [0.15, 0.2) is 5.96 Å². The molecule has 1 amide bonds. The fraction of sp³-hybridized carbons (Fsp3) is 0.409. The molecule has 1 heterocycles. The van der Waals surface area contributed by atoms with Crippen molar-refractivity contribution in [3.05, 3.63) is 59.4 Å². The molecule has 1 aliphatic carbocycles. The van der Waals surface area contributed by atoms with Crippen LogP contribution in [-0.4, -0.2) is 43.6 Å². The van der Waals surface area contributed by atoms with Crippen molar-refractivity contribution in [2.24, 2.45) is 10.9 Å². The quantitative estimate of drug-likeness (QED) is 0.344. The van der Waals surface area contributed by atoms with E-state index in [-0.39, 0.29) is 5.91 Å². The highest BCUT2D eigenvalue weighted by atomic mass is 16.5. The van der Waals surface area contributed by atoms with E-state index in [9.17, 15) is 4.79 Å². The van der Waals surface area contributed by atoms with Gasteiger partial charge in [-0.2, -0.15) is 0 Å². The number of hydrogen-bond donors (Lipinski definition) is 3. The molecular formula is C22H29N5O2. The molecule has 0 unspecified atom stereocenters. The first kappa shape index (κ1) is 20.6. The molecule has 0 bridgehead atoms. The minimum atomic E-state index is -0.139. The van der Waals surface area contributed by atoms with Crippen LogP contribution in [0.5, 0.6) is 5.75 Å². The van der Waals surface area contributed by atoms with Gasteiger partial charge >= 0.3 is 0 Å². The van der Waals surface area contributed by atoms with Gasteiger partial charge in [-0.1, -0.05) is 12.1 Å². The minimum Gasteiger partial charge on any atom is -0.493 e. The topological polar surface area (TPSA) is 87.6 Å². The predicted molar refractivity (Wildman–Crippen MR) is 114 cm³/mol. The summed E-state index contributed by atoms with van der Waals surface area (Å²) in [7, 11) is 1.73. The van der Waals surface area contributed by atoms with E-state index in [2.05, 4.69) is 51.0 Å². The molecule has 1 aliphatic rings. The number of aliphatic imine (C=N–C) groups is 1. The van der Waals surface area contributed by atoms with E-state index in [0.29, 0.717) is 37.1 Å². The van der Waals surface area contributed by atoms with Crippen LogP contribution in [0, 0.1) is 12.8 Å². The molecule has 0 saturated heterocycles. The van der Waals surface area contributed by atoms with Crippen LogP contribution in [0.15, 0.2) is 47.7 Å². The van der Waals surface area contributed by atoms with Crippen molar-refractivity contribution >= 4 is 11.9 Å². The van der Waals surface area contributed by atoms with Crippen molar-refractivity contribution in [3.8, 4) is 5.75 Å². The zero-order valence-corrected chi connectivity index (χ0v) is 17.1. The molecule has 0 radical (unpaired) electrons. The number of carbonyl (C=O) groups excluding carboxylic acids is 1. The third kappa shape index (κ3) is 6.78. The Labute approximate surface area is 172 Å². The second-order valence-electron chi connectivity index (χ2n) is 7.22. The Balaban J connectivity index is 1.42. The number of nitrogens with one attached hydrogen (secondary N) is 3. The van der Waals surface area contributed by atoms with Crippen LogP contribution in [0.2, 0.25) is 0 Å². The lowest BCUT2D eigenvalue weighted by atomic mass is 10.1. The van der Waals surface area contributed by atoms with Gasteiger partial charge in [0.05, 0.1) is 12.2 Å². The van der Waals surface area contributed by atoms with Crippen LogP contribution >= 0.6 is 0 Å². The van der Waals surface area contributed by atoms with Crippen molar-refractivity contribution in [1.82, 2.24) is 20.9 Å². The first-order valence-corrected chi connectivity index (χ1v) is 10.0. The van der Waals surface area contributed by atoms with Crippen LogP contribution in [-0.2, 0) is 6.54 Å². The third-order valence-corrected chi connectivity index (χ3v) is 4.69. The van der Waals surface area contributed by atoms with E-state index in [1.807, 2.05) is 0 Å². The average Bonchev–Trinajstić information content (AvgIpc) is 3.57. The monoisotopic (exact) mass is 395 g/mol. The first-order valence-electron chi connectivity index (χ1n) is 10.0. The summed E-state index contributed by atoms with van der Waals surface area (Å²) in [6, 6.07) is 9.74. The zero-order chi connectivity index (χ0) is 20.5.